The summed E-state index contributed by atoms with van der Waals surface area (Å²) in [5.41, 5.74) is 3.61. The van der Waals surface area contributed by atoms with Gasteiger partial charge in [0.2, 0.25) is 0 Å². The van der Waals surface area contributed by atoms with Gasteiger partial charge in [-0.2, -0.15) is 0 Å². The number of hydrogen-bond donors (Lipinski definition) is 0. The number of alkyl halides is 1. The van der Waals surface area contributed by atoms with Gasteiger partial charge in [-0.3, -0.25) is 0 Å². The quantitative estimate of drug-likeness (QED) is 0.651. The Morgan fingerprint density at radius 2 is 1.75 bits per heavy atom. The largest absolute Gasteiger partial charge is 0.496 e. The van der Waals surface area contributed by atoms with Gasteiger partial charge in [0.05, 0.1) is 11.9 Å². The molecule has 0 fully saturated rings. The van der Waals surface area contributed by atoms with Crippen LogP contribution in [0.25, 0.3) is 0 Å². The van der Waals surface area contributed by atoms with Gasteiger partial charge in [0, 0.05) is 10.6 Å². The second kappa shape index (κ2) is 6.15. The molecule has 2 rings (SSSR count). The molecular weight excluding hydrogens is 343 g/mol. The van der Waals surface area contributed by atoms with Crippen LogP contribution in [0.2, 0.25) is 5.02 Å². The Kier molecular flexibility index (Phi) is 4.71. The number of halogens is 3. The summed E-state index contributed by atoms with van der Waals surface area (Å²) in [5, 5.41) is 0.396. The van der Waals surface area contributed by atoms with Crippen molar-refractivity contribution in [3.63, 3.8) is 0 Å². The molecule has 2 aromatic rings. The Labute approximate surface area is 131 Å². The standard InChI is InChI=1S/C16H15BrClFO/c1-9-6-11(7-10(2)16(9)20-3)15(17)13-5-4-12(18)8-14(13)19/h4-8,15H,1-3H3. The van der Waals surface area contributed by atoms with E-state index in [1.54, 1.807) is 19.2 Å². The first kappa shape index (κ1) is 15.3. The van der Waals surface area contributed by atoms with E-state index in [1.807, 2.05) is 26.0 Å². The maximum absolute atomic E-state index is 14.0. The zero-order valence-electron chi connectivity index (χ0n) is 11.5. The Balaban J connectivity index is 2.45. The van der Waals surface area contributed by atoms with Crippen molar-refractivity contribution in [1.82, 2.24) is 0 Å². The molecule has 0 radical (unpaired) electrons. The molecular formula is C16H15BrClFO. The summed E-state index contributed by atoms with van der Waals surface area (Å²) in [6.45, 7) is 3.96. The average Bonchev–Trinajstić information content (AvgIpc) is 2.37. The van der Waals surface area contributed by atoms with Crippen LogP contribution in [-0.2, 0) is 0 Å². The van der Waals surface area contributed by atoms with Crippen LogP contribution in [0.1, 0.15) is 27.1 Å². The maximum atomic E-state index is 14.0. The van der Waals surface area contributed by atoms with Crippen molar-refractivity contribution in [2.75, 3.05) is 7.11 Å². The smallest absolute Gasteiger partial charge is 0.129 e. The molecule has 2 aromatic carbocycles. The number of aryl methyl sites for hydroxylation is 2. The topological polar surface area (TPSA) is 9.23 Å². The lowest BCUT2D eigenvalue weighted by atomic mass is 9.99. The van der Waals surface area contributed by atoms with Gasteiger partial charge in [0.15, 0.2) is 0 Å². The van der Waals surface area contributed by atoms with Crippen molar-refractivity contribution in [2.45, 2.75) is 18.7 Å². The molecule has 1 nitrogen and oxygen atoms in total. The fraction of sp³-hybridized carbons (Fsp3) is 0.250. The van der Waals surface area contributed by atoms with E-state index in [1.165, 1.54) is 6.07 Å². The SMILES string of the molecule is COc1c(C)cc(C(Br)c2ccc(Cl)cc2F)cc1C. The zero-order valence-corrected chi connectivity index (χ0v) is 13.8. The number of benzene rings is 2. The molecule has 0 bridgehead atoms. The highest BCUT2D eigenvalue weighted by Crippen LogP contribution is 2.36. The van der Waals surface area contributed by atoms with Crippen LogP contribution in [0, 0.1) is 19.7 Å². The second-order valence-electron chi connectivity index (χ2n) is 4.72. The summed E-state index contributed by atoms with van der Waals surface area (Å²) >= 11 is 9.35. The molecule has 4 heteroatoms. The first-order valence-corrected chi connectivity index (χ1v) is 7.47. The van der Waals surface area contributed by atoms with Crippen molar-refractivity contribution < 1.29 is 9.13 Å². The molecule has 0 aliphatic rings. The van der Waals surface area contributed by atoms with E-state index in [0.29, 0.717) is 10.6 Å². The number of rotatable bonds is 3. The molecule has 0 spiro atoms. The van der Waals surface area contributed by atoms with Gasteiger partial charge in [-0.25, -0.2) is 4.39 Å². The van der Waals surface area contributed by atoms with Gasteiger partial charge in [-0.1, -0.05) is 45.7 Å². The number of hydrogen-bond acceptors (Lipinski definition) is 1. The van der Waals surface area contributed by atoms with Crippen LogP contribution in [0.5, 0.6) is 5.75 Å². The van der Waals surface area contributed by atoms with Crippen LogP contribution >= 0.6 is 27.5 Å². The monoisotopic (exact) mass is 356 g/mol. The molecule has 1 unspecified atom stereocenters. The van der Waals surface area contributed by atoms with Gasteiger partial charge in [-0.15, -0.1) is 0 Å². The molecule has 0 heterocycles. The third-order valence-corrected chi connectivity index (χ3v) is 4.47. The van der Waals surface area contributed by atoms with E-state index in [4.69, 9.17) is 16.3 Å². The maximum Gasteiger partial charge on any atom is 0.129 e. The molecule has 0 aromatic heterocycles. The first-order valence-electron chi connectivity index (χ1n) is 6.18. The van der Waals surface area contributed by atoms with Crippen molar-refractivity contribution in [3.8, 4) is 5.75 Å². The lowest BCUT2D eigenvalue weighted by Gasteiger charge is -2.16. The van der Waals surface area contributed by atoms with Crippen LogP contribution < -0.4 is 4.74 Å². The van der Waals surface area contributed by atoms with Crippen LogP contribution in [0.15, 0.2) is 30.3 Å². The van der Waals surface area contributed by atoms with E-state index < -0.39 is 0 Å². The summed E-state index contributed by atoms with van der Waals surface area (Å²) in [4.78, 5) is -0.219. The van der Waals surface area contributed by atoms with E-state index in [9.17, 15) is 4.39 Å². The fourth-order valence-corrected chi connectivity index (χ4v) is 3.13. The normalized spacial score (nSPS) is 12.3. The molecule has 0 saturated heterocycles. The minimum atomic E-state index is -0.314. The summed E-state index contributed by atoms with van der Waals surface area (Å²) in [7, 11) is 1.65. The molecule has 0 saturated carbocycles. The van der Waals surface area contributed by atoms with Gasteiger partial charge in [-0.05, 0) is 42.7 Å². The Morgan fingerprint density at radius 3 is 2.25 bits per heavy atom. The van der Waals surface area contributed by atoms with Gasteiger partial charge in [0.1, 0.15) is 11.6 Å². The van der Waals surface area contributed by atoms with E-state index in [2.05, 4.69) is 15.9 Å². The summed E-state index contributed by atoms with van der Waals surface area (Å²) in [5.74, 6) is 0.551. The van der Waals surface area contributed by atoms with Crippen LogP contribution in [-0.4, -0.2) is 7.11 Å². The molecule has 106 valence electrons. The summed E-state index contributed by atoms with van der Waals surface area (Å²) in [6, 6.07) is 8.72. The van der Waals surface area contributed by atoms with Crippen molar-refractivity contribution >= 4 is 27.5 Å². The third kappa shape index (κ3) is 2.99. The summed E-state index contributed by atoms with van der Waals surface area (Å²) in [6.07, 6.45) is 0. The highest BCUT2D eigenvalue weighted by molar-refractivity contribution is 9.09. The van der Waals surface area contributed by atoms with Crippen molar-refractivity contribution in [2.24, 2.45) is 0 Å². The molecule has 0 amide bonds. The zero-order chi connectivity index (χ0) is 14.9. The van der Waals surface area contributed by atoms with Crippen molar-refractivity contribution in [3.05, 3.63) is 63.4 Å². The van der Waals surface area contributed by atoms with Crippen molar-refractivity contribution in [1.29, 1.82) is 0 Å². The highest BCUT2D eigenvalue weighted by Gasteiger charge is 2.17. The van der Waals surface area contributed by atoms with E-state index >= 15 is 0 Å². The number of methoxy groups -OCH3 is 1. The van der Waals surface area contributed by atoms with Gasteiger partial charge < -0.3 is 4.74 Å². The minimum Gasteiger partial charge on any atom is -0.496 e. The Morgan fingerprint density at radius 1 is 1.15 bits per heavy atom. The molecule has 0 aliphatic carbocycles. The highest BCUT2D eigenvalue weighted by atomic mass is 79.9. The lowest BCUT2D eigenvalue weighted by Crippen LogP contribution is -2.00. The predicted molar refractivity (Wildman–Crippen MR) is 84.6 cm³/mol. The van der Waals surface area contributed by atoms with Crippen LogP contribution in [0.3, 0.4) is 0 Å². The summed E-state index contributed by atoms with van der Waals surface area (Å²) < 4.78 is 19.3. The first-order chi connectivity index (χ1) is 9.43. The lowest BCUT2D eigenvalue weighted by molar-refractivity contribution is 0.408. The van der Waals surface area contributed by atoms with Crippen LogP contribution in [0.4, 0.5) is 4.39 Å². The Hall–Kier alpha value is -1.06. The average molecular weight is 358 g/mol. The Bertz CT molecular complexity index is 619. The molecule has 0 N–H and O–H groups in total. The third-order valence-electron chi connectivity index (χ3n) is 3.21. The predicted octanol–water partition coefficient (Wildman–Crippen LogP) is 5.59. The van der Waals surface area contributed by atoms with Gasteiger partial charge in [0.25, 0.3) is 0 Å². The number of ether oxygens (including phenoxy) is 1. The second-order valence-corrected chi connectivity index (χ2v) is 6.07. The van der Waals surface area contributed by atoms with E-state index in [0.717, 1.165) is 22.4 Å². The van der Waals surface area contributed by atoms with Gasteiger partial charge >= 0.3 is 0 Å². The fourth-order valence-electron chi connectivity index (χ4n) is 2.34. The molecule has 1 atom stereocenters. The molecule has 0 aliphatic heterocycles. The minimum absolute atomic E-state index is 0.219. The molecule has 20 heavy (non-hydrogen) atoms. The van der Waals surface area contributed by atoms with E-state index in [-0.39, 0.29) is 10.6 Å².